The van der Waals surface area contributed by atoms with E-state index in [-0.39, 0.29) is 42.1 Å². The van der Waals surface area contributed by atoms with Crippen LogP contribution in [0, 0.1) is 5.82 Å². The molecule has 0 saturated carbocycles. The summed E-state index contributed by atoms with van der Waals surface area (Å²) in [4.78, 5) is 32.8. The van der Waals surface area contributed by atoms with Gasteiger partial charge in [-0.2, -0.15) is 0 Å². The summed E-state index contributed by atoms with van der Waals surface area (Å²) >= 11 is 12.5. The molecule has 2 saturated heterocycles. The number of halogens is 3. The topological polar surface area (TPSA) is 83.0 Å². The fourth-order valence-electron chi connectivity index (χ4n) is 6.44. The summed E-state index contributed by atoms with van der Waals surface area (Å²) in [6, 6.07) is 9.87. The third kappa shape index (κ3) is 3.73. The van der Waals surface area contributed by atoms with Crippen LogP contribution >= 0.6 is 23.2 Å². The summed E-state index contributed by atoms with van der Waals surface area (Å²) in [7, 11) is 0. The lowest BCUT2D eigenvalue weighted by Crippen LogP contribution is -2.50. The van der Waals surface area contributed by atoms with Gasteiger partial charge >= 0.3 is 5.97 Å². The molecule has 0 unspecified atom stereocenters. The van der Waals surface area contributed by atoms with Gasteiger partial charge in [-0.15, -0.1) is 0 Å². The van der Waals surface area contributed by atoms with Crippen LogP contribution in [0.1, 0.15) is 30.4 Å². The molecule has 0 radical (unpaired) electrons. The van der Waals surface area contributed by atoms with E-state index in [4.69, 9.17) is 27.9 Å². The molecule has 2 aromatic carbocycles. The second-order valence-corrected chi connectivity index (χ2v) is 10.6. The van der Waals surface area contributed by atoms with E-state index in [9.17, 15) is 9.59 Å². The van der Waals surface area contributed by atoms with Crippen molar-refractivity contribution in [3.8, 4) is 0 Å². The highest BCUT2D eigenvalue weighted by Crippen LogP contribution is 2.55. The monoisotopic (exact) mass is 542 g/mol. The summed E-state index contributed by atoms with van der Waals surface area (Å²) < 4.78 is 20.9. The standard InChI is InChI=1S/C27H25Cl2FN4O3/c1-2-37-25(35)17-12-31-11-14(17)13-34-9-8-20-24(34)22(16-4-3-5-19(29)23(16)30)27(33-20)18-7-6-15(28)10-21(18)32-26(27)36/h3-7,10-11,20,22,24,33H,2,8-9,12-13H2,1H3,(H,32,36)/t20-,22-,24+,27+/m0/s1. The number of aliphatic imine (C=N–C) groups is 1. The molecule has 2 aromatic rings. The average Bonchev–Trinajstić information content (AvgIpc) is 3.61. The number of carbonyl (C=O) groups is 2. The van der Waals surface area contributed by atoms with E-state index < -0.39 is 17.3 Å². The molecule has 0 bridgehead atoms. The SMILES string of the molecule is CCOC(=O)C1=C(CN2CC[C@@H]3N[C@@]4(C(=O)Nc5cc(Cl)ccc54)[C@@H](c4cccc(Cl)c4F)[C@@H]32)C=NC1. The molecule has 4 heterocycles. The Morgan fingerprint density at radius 2 is 2.14 bits per heavy atom. The summed E-state index contributed by atoms with van der Waals surface area (Å²) in [6.45, 7) is 3.47. The van der Waals surface area contributed by atoms with Crippen LogP contribution < -0.4 is 10.6 Å². The molecule has 4 atom stereocenters. The molecule has 192 valence electrons. The first-order valence-corrected chi connectivity index (χ1v) is 13.1. The van der Waals surface area contributed by atoms with E-state index >= 15 is 4.39 Å². The zero-order chi connectivity index (χ0) is 25.9. The van der Waals surface area contributed by atoms with Gasteiger partial charge in [0, 0.05) is 53.6 Å². The van der Waals surface area contributed by atoms with Crippen LogP contribution in [0.2, 0.25) is 10.0 Å². The Morgan fingerprint density at radius 3 is 2.95 bits per heavy atom. The van der Waals surface area contributed by atoms with Gasteiger partial charge in [-0.25, -0.2) is 9.18 Å². The van der Waals surface area contributed by atoms with E-state index in [1.807, 2.05) is 6.07 Å². The minimum absolute atomic E-state index is 0.00520. The Labute approximate surface area is 223 Å². The Morgan fingerprint density at radius 1 is 1.30 bits per heavy atom. The lowest BCUT2D eigenvalue weighted by molar-refractivity contribution is -0.138. The van der Waals surface area contributed by atoms with Crippen molar-refractivity contribution in [3.63, 3.8) is 0 Å². The molecular weight excluding hydrogens is 518 g/mol. The highest BCUT2D eigenvalue weighted by molar-refractivity contribution is 6.31. The minimum atomic E-state index is -1.21. The molecule has 1 spiro atoms. The second-order valence-electron chi connectivity index (χ2n) is 9.77. The Balaban J connectivity index is 1.46. The lowest BCUT2D eigenvalue weighted by atomic mass is 9.74. The molecule has 6 rings (SSSR count). The number of anilines is 1. The largest absolute Gasteiger partial charge is 0.463 e. The number of hydrogen-bond donors (Lipinski definition) is 2. The maximum absolute atomic E-state index is 15.7. The number of rotatable bonds is 5. The minimum Gasteiger partial charge on any atom is -0.463 e. The van der Waals surface area contributed by atoms with Crippen molar-refractivity contribution in [3.05, 3.63) is 74.5 Å². The van der Waals surface area contributed by atoms with Crippen molar-refractivity contribution >= 4 is 47.0 Å². The normalized spacial score (nSPS) is 28.2. The highest BCUT2D eigenvalue weighted by Gasteiger charge is 2.65. The number of esters is 1. The third-order valence-corrected chi connectivity index (χ3v) is 8.42. The molecule has 7 nitrogen and oxygen atoms in total. The molecule has 2 fully saturated rings. The van der Waals surface area contributed by atoms with Crippen LogP contribution in [-0.2, 0) is 19.9 Å². The van der Waals surface area contributed by atoms with Crippen LogP contribution in [0.4, 0.5) is 10.1 Å². The Kier molecular flexibility index (Phi) is 6.11. The number of likely N-dealkylation sites (tertiary alicyclic amines) is 1. The van der Waals surface area contributed by atoms with Gasteiger partial charge < -0.3 is 10.1 Å². The van der Waals surface area contributed by atoms with Gasteiger partial charge in [0.1, 0.15) is 11.4 Å². The first-order chi connectivity index (χ1) is 17.8. The van der Waals surface area contributed by atoms with Gasteiger partial charge in [0.05, 0.1) is 23.7 Å². The predicted molar refractivity (Wildman–Crippen MR) is 140 cm³/mol. The molecule has 4 aliphatic rings. The zero-order valence-electron chi connectivity index (χ0n) is 20.1. The molecule has 1 amide bonds. The maximum atomic E-state index is 15.7. The lowest BCUT2D eigenvalue weighted by Gasteiger charge is -2.36. The fourth-order valence-corrected chi connectivity index (χ4v) is 6.79. The van der Waals surface area contributed by atoms with E-state index in [0.717, 1.165) is 17.6 Å². The number of nitrogens with one attached hydrogen (secondary N) is 2. The van der Waals surface area contributed by atoms with Crippen molar-refractivity contribution in [2.24, 2.45) is 4.99 Å². The number of nitrogens with zero attached hydrogens (tertiary/aromatic N) is 2. The van der Waals surface area contributed by atoms with Gasteiger partial charge in [-0.3, -0.25) is 20.0 Å². The van der Waals surface area contributed by atoms with Crippen molar-refractivity contribution < 1.29 is 18.7 Å². The van der Waals surface area contributed by atoms with Crippen LogP contribution in [0.3, 0.4) is 0 Å². The fraction of sp³-hybridized carbons (Fsp3) is 0.370. The smallest absolute Gasteiger partial charge is 0.336 e. The number of hydrogen-bond acceptors (Lipinski definition) is 6. The molecule has 0 aromatic heterocycles. The van der Waals surface area contributed by atoms with Crippen LogP contribution in [0.15, 0.2) is 52.5 Å². The number of carbonyl (C=O) groups excluding carboxylic acids is 2. The number of benzene rings is 2. The summed E-state index contributed by atoms with van der Waals surface area (Å²) in [6.07, 6.45) is 2.47. The molecule has 37 heavy (non-hydrogen) atoms. The van der Waals surface area contributed by atoms with Gasteiger partial charge in [0.2, 0.25) is 5.91 Å². The molecule has 10 heteroatoms. The van der Waals surface area contributed by atoms with E-state index in [0.29, 0.717) is 34.9 Å². The summed E-state index contributed by atoms with van der Waals surface area (Å²) in [5.41, 5.74) is 1.83. The second kappa shape index (κ2) is 9.20. The van der Waals surface area contributed by atoms with E-state index in [1.165, 1.54) is 6.07 Å². The van der Waals surface area contributed by atoms with Crippen molar-refractivity contribution in [1.29, 1.82) is 0 Å². The molecular formula is C27H25Cl2FN4O3. The number of fused-ring (bicyclic) bond motifs is 3. The first-order valence-electron chi connectivity index (χ1n) is 12.3. The van der Waals surface area contributed by atoms with Gasteiger partial charge in [0.25, 0.3) is 0 Å². The third-order valence-electron chi connectivity index (χ3n) is 7.89. The van der Waals surface area contributed by atoms with E-state index in [1.54, 1.807) is 37.4 Å². The quantitative estimate of drug-likeness (QED) is 0.557. The van der Waals surface area contributed by atoms with Crippen LogP contribution in [0.5, 0.6) is 0 Å². The van der Waals surface area contributed by atoms with Gasteiger partial charge in [-0.1, -0.05) is 41.4 Å². The van der Waals surface area contributed by atoms with Crippen molar-refractivity contribution in [1.82, 2.24) is 10.2 Å². The molecule has 2 N–H and O–H groups in total. The van der Waals surface area contributed by atoms with Crippen molar-refractivity contribution in [2.75, 3.05) is 31.6 Å². The average molecular weight is 543 g/mol. The van der Waals surface area contributed by atoms with Gasteiger partial charge in [0.15, 0.2) is 0 Å². The van der Waals surface area contributed by atoms with Crippen LogP contribution in [0.25, 0.3) is 0 Å². The molecule has 0 aliphatic carbocycles. The van der Waals surface area contributed by atoms with Crippen molar-refractivity contribution in [2.45, 2.75) is 36.9 Å². The van der Waals surface area contributed by atoms with Gasteiger partial charge in [-0.05, 0) is 42.7 Å². The Hall–Kier alpha value is -2.78. The summed E-state index contributed by atoms with van der Waals surface area (Å²) in [5, 5.41) is 7.08. The predicted octanol–water partition coefficient (Wildman–Crippen LogP) is 4.05. The Bertz CT molecular complexity index is 1380. The molecule has 4 aliphatic heterocycles. The number of amides is 1. The first kappa shape index (κ1) is 24.6. The van der Waals surface area contributed by atoms with Crippen LogP contribution in [-0.4, -0.2) is 61.3 Å². The maximum Gasteiger partial charge on any atom is 0.336 e. The zero-order valence-corrected chi connectivity index (χ0v) is 21.6. The summed E-state index contributed by atoms with van der Waals surface area (Å²) in [5.74, 6) is -1.75. The highest BCUT2D eigenvalue weighted by atomic mass is 35.5. The van der Waals surface area contributed by atoms with E-state index in [2.05, 4.69) is 20.5 Å². The number of ether oxygens (including phenoxy) is 1.